The monoisotopic (exact) mass is 1320 g/mol. The minimum Gasteiger partial charge on any atom is -0.462 e. The first kappa shape index (κ1) is 88.1. The fourth-order valence-electron chi connectivity index (χ4n) is 10.8. The predicted molar refractivity (Wildman–Crippen MR) is 363 cm³/mol. The van der Waals surface area contributed by atoms with Crippen LogP contribution in [0.25, 0.3) is 0 Å². The van der Waals surface area contributed by atoms with Gasteiger partial charge in [0.1, 0.15) is 19.3 Å². The molecule has 0 aliphatic carbocycles. The summed E-state index contributed by atoms with van der Waals surface area (Å²) in [7, 11) is -9.89. The minimum absolute atomic E-state index is 0.104. The van der Waals surface area contributed by atoms with Gasteiger partial charge in [0, 0.05) is 25.7 Å². The summed E-state index contributed by atoms with van der Waals surface area (Å²) in [5, 5.41) is 10.5. The molecule has 0 aliphatic rings. The van der Waals surface area contributed by atoms with Crippen molar-refractivity contribution < 1.29 is 80.2 Å². The summed E-state index contributed by atoms with van der Waals surface area (Å²) >= 11 is 0. The maximum Gasteiger partial charge on any atom is 0.472 e. The molecule has 0 saturated carbocycles. The van der Waals surface area contributed by atoms with Gasteiger partial charge in [-0.3, -0.25) is 37.3 Å². The predicted octanol–water partition coefficient (Wildman–Crippen LogP) is 20.4. The van der Waals surface area contributed by atoms with Crippen molar-refractivity contribution in [2.24, 2.45) is 11.8 Å². The summed E-state index contributed by atoms with van der Waals surface area (Å²) in [6.07, 6.45) is 49.1. The molecule has 5 atom stereocenters. The van der Waals surface area contributed by atoms with Gasteiger partial charge in [0.05, 0.1) is 26.4 Å². The number of ether oxygens (including phenoxy) is 4. The molecule has 0 heterocycles. The summed E-state index contributed by atoms with van der Waals surface area (Å²) < 4.78 is 68.0. The molecule has 0 amide bonds. The third kappa shape index (κ3) is 64.8. The number of hydrogen-bond donors (Lipinski definition) is 3. The Morgan fingerprint density at radius 1 is 0.300 bits per heavy atom. The quantitative estimate of drug-likeness (QED) is 0.0222. The highest BCUT2D eigenvalue weighted by molar-refractivity contribution is 7.47. The molecule has 2 unspecified atom stereocenters. The lowest BCUT2D eigenvalue weighted by molar-refractivity contribution is -0.161. The molecule has 19 heteroatoms. The summed E-state index contributed by atoms with van der Waals surface area (Å²) in [6.45, 7) is 9.49. The van der Waals surface area contributed by atoms with Crippen LogP contribution in [0.1, 0.15) is 363 Å². The first-order chi connectivity index (χ1) is 43.4. The van der Waals surface area contributed by atoms with Crippen LogP contribution in [0.5, 0.6) is 0 Å². The van der Waals surface area contributed by atoms with E-state index in [1.54, 1.807) is 0 Å². The van der Waals surface area contributed by atoms with E-state index in [2.05, 4.69) is 41.5 Å². The second-order valence-corrected chi connectivity index (χ2v) is 29.5. The van der Waals surface area contributed by atoms with Crippen LogP contribution in [-0.4, -0.2) is 96.7 Å². The van der Waals surface area contributed by atoms with Crippen LogP contribution in [-0.2, 0) is 65.4 Å². The van der Waals surface area contributed by atoms with Crippen LogP contribution in [0.15, 0.2) is 0 Å². The molecule has 3 N–H and O–H groups in total. The lowest BCUT2D eigenvalue weighted by Gasteiger charge is -2.21. The Labute approximate surface area is 549 Å². The number of phosphoric ester groups is 2. The van der Waals surface area contributed by atoms with E-state index in [0.29, 0.717) is 25.7 Å². The molecule has 534 valence electrons. The summed E-state index contributed by atoms with van der Waals surface area (Å²) in [5.41, 5.74) is 0. The Hall–Kier alpha value is -1.94. The van der Waals surface area contributed by atoms with E-state index < -0.39 is 97.5 Å². The van der Waals surface area contributed by atoms with Crippen molar-refractivity contribution in [3.8, 4) is 0 Å². The molecule has 90 heavy (non-hydrogen) atoms. The van der Waals surface area contributed by atoms with Gasteiger partial charge in [-0.2, -0.15) is 0 Å². The maximum atomic E-state index is 13.0. The summed E-state index contributed by atoms with van der Waals surface area (Å²) in [5.74, 6) is -0.521. The van der Waals surface area contributed by atoms with Gasteiger partial charge in [0.2, 0.25) is 0 Å². The molecule has 0 radical (unpaired) electrons. The van der Waals surface area contributed by atoms with E-state index in [0.717, 1.165) is 115 Å². The second kappa shape index (κ2) is 63.1. The molecular formula is C71H138O17P2. The maximum absolute atomic E-state index is 13.0. The van der Waals surface area contributed by atoms with E-state index in [1.165, 1.54) is 167 Å². The zero-order valence-corrected chi connectivity index (χ0v) is 60.2. The van der Waals surface area contributed by atoms with Crippen molar-refractivity contribution in [3.05, 3.63) is 0 Å². The summed E-state index contributed by atoms with van der Waals surface area (Å²) in [6, 6.07) is 0. The van der Waals surface area contributed by atoms with E-state index >= 15 is 0 Å². The van der Waals surface area contributed by atoms with Crippen molar-refractivity contribution >= 4 is 39.5 Å². The van der Waals surface area contributed by atoms with Gasteiger partial charge in [-0.25, -0.2) is 9.13 Å². The van der Waals surface area contributed by atoms with Crippen LogP contribution < -0.4 is 0 Å². The molecule has 0 aromatic heterocycles. The van der Waals surface area contributed by atoms with E-state index in [1.807, 2.05) is 0 Å². The number of unbranched alkanes of at least 4 members (excludes halogenated alkanes) is 40. The van der Waals surface area contributed by atoms with Crippen molar-refractivity contribution in [2.75, 3.05) is 39.6 Å². The number of aliphatic hydroxyl groups excluding tert-OH is 1. The highest BCUT2D eigenvalue weighted by Gasteiger charge is 2.30. The first-order valence-corrected chi connectivity index (χ1v) is 40.0. The Morgan fingerprint density at radius 2 is 0.511 bits per heavy atom. The van der Waals surface area contributed by atoms with Gasteiger partial charge in [-0.1, -0.05) is 311 Å². The number of rotatable bonds is 70. The number of carbonyl (C=O) groups is 4. The van der Waals surface area contributed by atoms with Crippen LogP contribution in [0.4, 0.5) is 0 Å². The molecular weight excluding hydrogens is 1190 g/mol. The zero-order valence-electron chi connectivity index (χ0n) is 58.4. The van der Waals surface area contributed by atoms with E-state index in [4.69, 9.17) is 37.0 Å². The highest BCUT2D eigenvalue weighted by Crippen LogP contribution is 2.45. The van der Waals surface area contributed by atoms with Crippen LogP contribution in [0.3, 0.4) is 0 Å². The van der Waals surface area contributed by atoms with Gasteiger partial charge < -0.3 is 33.8 Å². The molecule has 0 rings (SSSR count). The van der Waals surface area contributed by atoms with Crippen LogP contribution in [0.2, 0.25) is 0 Å². The number of carbonyl (C=O) groups excluding carboxylic acids is 4. The summed E-state index contributed by atoms with van der Waals surface area (Å²) in [4.78, 5) is 72.2. The molecule has 0 aromatic rings. The lowest BCUT2D eigenvalue weighted by atomic mass is 10.0. The molecule has 0 spiro atoms. The first-order valence-electron chi connectivity index (χ1n) is 37.0. The van der Waals surface area contributed by atoms with Crippen molar-refractivity contribution in [1.82, 2.24) is 0 Å². The third-order valence-electron chi connectivity index (χ3n) is 16.5. The fourth-order valence-corrected chi connectivity index (χ4v) is 12.3. The zero-order chi connectivity index (χ0) is 66.5. The van der Waals surface area contributed by atoms with Crippen molar-refractivity contribution in [2.45, 2.75) is 381 Å². The average Bonchev–Trinajstić information content (AvgIpc) is 3.71. The Kier molecular flexibility index (Phi) is 61.8. The normalized spacial score (nSPS) is 14.1. The Morgan fingerprint density at radius 3 is 0.756 bits per heavy atom. The third-order valence-corrected chi connectivity index (χ3v) is 18.4. The van der Waals surface area contributed by atoms with E-state index in [9.17, 15) is 43.2 Å². The molecule has 17 nitrogen and oxygen atoms in total. The average molecular weight is 1330 g/mol. The molecule has 0 saturated heterocycles. The lowest BCUT2D eigenvalue weighted by Crippen LogP contribution is -2.30. The van der Waals surface area contributed by atoms with Crippen molar-refractivity contribution in [3.63, 3.8) is 0 Å². The topological polar surface area (TPSA) is 237 Å². The van der Waals surface area contributed by atoms with Gasteiger partial charge in [0.15, 0.2) is 12.2 Å². The van der Waals surface area contributed by atoms with Gasteiger partial charge in [0.25, 0.3) is 0 Å². The molecule has 0 fully saturated rings. The number of aliphatic hydroxyl groups is 1. The number of phosphoric acid groups is 2. The SMILES string of the molecule is CCCCCCCCCCC(=O)O[C@H](COC(=O)CCCCCCC)COP(=O)(O)OC[C@H](O)COP(=O)(O)OC[C@@H](COC(=O)CCCCCCCCCCCCCCCCCC(C)C)OC(=O)CCCCCCCCCCCCCCCCCCC(C)C. The smallest absolute Gasteiger partial charge is 0.462 e. The second-order valence-electron chi connectivity index (χ2n) is 26.6. The van der Waals surface area contributed by atoms with Gasteiger partial charge in [-0.15, -0.1) is 0 Å². The molecule has 0 aliphatic heterocycles. The van der Waals surface area contributed by atoms with Gasteiger partial charge in [-0.05, 0) is 37.5 Å². The van der Waals surface area contributed by atoms with Crippen LogP contribution >= 0.6 is 15.6 Å². The van der Waals surface area contributed by atoms with Crippen LogP contribution in [0, 0.1) is 11.8 Å². The Bertz CT molecular complexity index is 1750. The number of hydrogen-bond acceptors (Lipinski definition) is 15. The largest absolute Gasteiger partial charge is 0.472 e. The number of esters is 4. The van der Waals surface area contributed by atoms with E-state index in [-0.39, 0.29) is 25.7 Å². The fraction of sp³-hybridized carbons (Fsp3) is 0.944. The minimum atomic E-state index is -4.95. The highest BCUT2D eigenvalue weighted by atomic mass is 31.2. The van der Waals surface area contributed by atoms with Crippen molar-refractivity contribution in [1.29, 1.82) is 0 Å². The standard InChI is InChI=1S/C71H138O17P2/c1-7-9-11-13-14-36-43-49-55-70(75)87-66(59-81-68(73)53-47-39-12-10-8-2)61-85-89(77,78)83-57-65(72)58-84-90(79,80)86-62-67(60-82-69(74)54-48-42-37-32-28-24-21-17-19-23-27-31-35-41-46-52-64(5)6)88-71(76)56-50-44-38-33-29-25-20-16-15-18-22-26-30-34-40-45-51-63(3)4/h63-67,72H,7-62H2,1-6H3,(H,77,78)(H,79,80)/t65-,66+,67+/m0/s1. The Balaban J connectivity index is 5.11. The molecule has 0 aromatic carbocycles. The van der Waals surface area contributed by atoms with Gasteiger partial charge >= 0.3 is 39.5 Å². The molecule has 0 bridgehead atoms.